The minimum Gasteiger partial charge on any atom is -0.463 e. The molecule has 2 N–H and O–H groups in total. The molecule has 7 nitrogen and oxygen atoms in total. The van der Waals surface area contributed by atoms with Crippen molar-refractivity contribution in [2.45, 2.75) is 13.0 Å². The third-order valence-corrected chi connectivity index (χ3v) is 5.81. The summed E-state index contributed by atoms with van der Waals surface area (Å²) in [6, 6.07) is 3.33. The second-order valence-electron chi connectivity index (χ2n) is 6.03. The first kappa shape index (κ1) is 22.4. The Bertz CT molecular complexity index is 1010. The molecule has 0 saturated heterocycles. The van der Waals surface area contributed by atoms with Gasteiger partial charge in [-0.25, -0.2) is 14.2 Å². The number of aliphatic imine (C=N–C) groups is 1. The maximum Gasteiger partial charge on any atom is 0.338 e. The maximum atomic E-state index is 13.7. The van der Waals surface area contributed by atoms with E-state index in [0.717, 1.165) is 0 Å². The monoisotopic (exact) mass is 514 g/mol. The van der Waals surface area contributed by atoms with Gasteiger partial charge < -0.3 is 15.4 Å². The Hall–Kier alpha value is -2.30. The zero-order chi connectivity index (χ0) is 21.7. The van der Waals surface area contributed by atoms with E-state index >= 15 is 0 Å². The molecule has 1 atom stereocenters. The van der Waals surface area contributed by atoms with Gasteiger partial charge in [-0.15, -0.1) is 22.9 Å². The third-order valence-electron chi connectivity index (χ3n) is 4.10. The van der Waals surface area contributed by atoms with Gasteiger partial charge in [-0.2, -0.15) is 0 Å². The zero-order valence-electron chi connectivity index (χ0n) is 15.7. The first-order chi connectivity index (χ1) is 14.4. The Balaban J connectivity index is 2.13. The Labute approximate surface area is 189 Å². The number of amides is 1. The number of nitrogens with one attached hydrogen (secondary N) is 2. The molecule has 0 fully saturated rings. The van der Waals surface area contributed by atoms with E-state index < -0.39 is 23.7 Å². The van der Waals surface area contributed by atoms with Crippen LogP contribution in [0.3, 0.4) is 0 Å². The van der Waals surface area contributed by atoms with E-state index in [2.05, 4.69) is 36.5 Å². The SMILES string of the molecule is CCOC(=O)C1=C(CNC(=O)CCl)NC(c2nccs2)=NC1c1ccc(F)cc1Br. The van der Waals surface area contributed by atoms with Crippen molar-refractivity contribution < 1.29 is 18.7 Å². The lowest BCUT2D eigenvalue weighted by Gasteiger charge is -2.27. The molecule has 0 spiro atoms. The second-order valence-corrected chi connectivity index (χ2v) is 8.05. The van der Waals surface area contributed by atoms with Crippen LogP contribution in [-0.2, 0) is 14.3 Å². The van der Waals surface area contributed by atoms with E-state index in [1.807, 2.05) is 0 Å². The highest BCUT2D eigenvalue weighted by atomic mass is 79.9. The number of amidine groups is 1. The summed E-state index contributed by atoms with van der Waals surface area (Å²) in [4.78, 5) is 33.5. The highest BCUT2D eigenvalue weighted by Crippen LogP contribution is 2.36. The lowest BCUT2D eigenvalue weighted by molar-refractivity contribution is -0.139. The van der Waals surface area contributed by atoms with Gasteiger partial charge in [-0.1, -0.05) is 22.0 Å². The summed E-state index contributed by atoms with van der Waals surface area (Å²) < 4.78 is 19.4. The predicted molar refractivity (Wildman–Crippen MR) is 116 cm³/mol. The standard InChI is InChI=1S/C19H17BrClFN4O3S/c1-2-29-19(28)15-13(9-24-14(27)8-21)25-17(18-23-5-6-30-18)26-16(15)11-4-3-10(22)7-12(11)20/h3-7,16H,2,8-9H2,1H3,(H,24,27)(H,25,26). The highest BCUT2D eigenvalue weighted by Gasteiger charge is 2.34. The van der Waals surface area contributed by atoms with Gasteiger partial charge in [0, 0.05) is 21.7 Å². The minimum absolute atomic E-state index is 0.000585. The maximum absolute atomic E-state index is 13.7. The predicted octanol–water partition coefficient (Wildman–Crippen LogP) is 3.31. The molecule has 0 radical (unpaired) electrons. The number of esters is 1. The van der Waals surface area contributed by atoms with E-state index in [0.29, 0.717) is 26.6 Å². The number of aromatic nitrogens is 1. The second kappa shape index (κ2) is 10.1. The van der Waals surface area contributed by atoms with Crippen LogP contribution in [0, 0.1) is 5.82 Å². The summed E-state index contributed by atoms with van der Waals surface area (Å²) in [7, 11) is 0. The van der Waals surface area contributed by atoms with Crippen molar-refractivity contribution in [3.63, 3.8) is 0 Å². The Morgan fingerprint density at radius 1 is 1.43 bits per heavy atom. The number of benzene rings is 1. The smallest absolute Gasteiger partial charge is 0.338 e. The molecule has 1 amide bonds. The number of carbonyl (C=O) groups excluding carboxylic acids is 2. The van der Waals surface area contributed by atoms with Gasteiger partial charge in [0.25, 0.3) is 0 Å². The molecule has 1 aromatic heterocycles. The van der Waals surface area contributed by atoms with Crippen LogP contribution in [0.25, 0.3) is 0 Å². The molecular weight excluding hydrogens is 499 g/mol. The summed E-state index contributed by atoms with van der Waals surface area (Å²) in [5, 5.41) is 8.13. The third kappa shape index (κ3) is 5.05. The largest absolute Gasteiger partial charge is 0.463 e. The molecule has 1 aromatic carbocycles. The van der Waals surface area contributed by atoms with Gasteiger partial charge in [0.1, 0.15) is 17.7 Å². The molecule has 158 valence electrons. The van der Waals surface area contributed by atoms with Crippen LogP contribution in [-0.4, -0.2) is 41.7 Å². The van der Waals surface area contributed by atoms with Gasteiger partial charge in [0.2, 0.25) is 5.91 Å². The Morgan fingerprint density at radius 2 is 2.23 bits per heavy atom. The summed E-state index contributed by atoms with van der Waals surface area (Å²) in [6.07, 6.45) is 1.63. The van der Waals surface area contributed by atoms with E-state index in [1.165, 1.54) is 23.5 Å². The van der Waals surface area contributed by atoms with Crippen molar-refractivity contribution in [2.75, 3.05) is 19.0 Å². The molecule has 1 unspecified atom stereocenters. The van der Waals surface area contributed by atoms with Crippen LogP contribution >= 0.6 is 38.9 Å². The number of alkyl halides is 1. The van der Waals surface area contributed by atoms with Crippen LogP contribution in [0.1, 0.15) is 23.5 Å². The molecule has 1 aliphatic heterocycles. The molecular formula is C19H17BrClFN4O3S. The van der Waals surface area contributed by atoms with Crippen LogP contribution < -0.4 is 10.6 Å². The molecule has 0 aliphatic carbocycles. The average molecular weight is 516 g/mol. The van der Waals surface area contributed by atoms with Gasteiger partial charge in [-0.05, 0) is 24.6 Å². The van der Waals surface area contributed by atoms with Crippen molar-refractivity contribution in [1.29, 1.82) is 0 Å². The molecule has 11 heteroatoms. The summed E-state index contributed by atoms with van der Waals surface area (Å²) in [5.41, 5.74) is 1.17. The lowest BCUT2D eigenvalue weighted by atomic mass is 9.95. The van der Waals surface area contributed by atoms with Crippen LogP contribution in [0.2, 0.25) is 0 Å². The summed E-state index contributed by atoms with van der Waals surface area (Å²) in [6.45, 7) is 1.85. The fourth-order valence-corrected chi connectivity index (χ4v) is 4.07. The average Bonchev–Trinajstić information content (AvgIpc) is 3.26. The zero-order valence-corrected chi connectivity index (χ0v) is 18.9. The van der Waals surface area contributed by atoms with Crippen LogP contribution in [0.5, 0.6) is 0 Å². The van der Waals surface area contributed by atoms with Crippen molar-refractivity contribution >= 4 is 56.6 Å². The summed E-state index contributed by atoms with van der Waals surface area (Å²) >= 11 is 10.3. The Kier molecular flexibility index (Phi) is 7.57. The topological polar surface area (TPSA) is 92.7 Å². The van der Waals surface area contributed by atoms with E-state index in [-0.39, 0.29) is 24.6 Å². The number of hydrogen-bond acceptors (Lipinski definition) is 7. The quantitative estimate of drug-likeness (QED) is 0.436. The first-order valence-electron chi connectivity index (χ1n) is 8.87. The number of ether oxygens (including phenoxy) is 1. The van der Waals surface area contributed by atoms with Gasteiger partial charge >= 0.3 is 5.97 Å². The number of nitrogens with zero attached hydrogens (tertiary/aromatic N) is 2. The number of thiazole rings is 1. The molecule has 2 aromatic rings. The molecule has 1 aliphatic rings. The number of hydrogen-bond donors (Lipinski definition) is 2. The van der Waals surface area contributed by atoms with Crippen LogP contribution in [0.4, 0.5) is 4.39 Å². The molecule has 30 heavy (non-hydrogen) atoms. The molecule has 0 saturated carbocycles. The highest BCUT2D eigenvalue weighted by molar-refractivity contribution is 9.10. The van der Waals surface area contributed by atoms with Crippen LogP contribution in [0.15, 0.2) is 50.5 Å². The fraction of sp³-hybridized carbons (Fsp3) is 0.263. The van der Waals surface area contributed by atoms with Gasteiger partial charge in [0.05, 0.1) is 18.7 Å². The van der Waals surface area contributed by atoms with Crippen molar-refractivity contribution in [3.05, 3.63) is 61.9 Å². The van der Waals surface area contributed by atoms with Crippen molar-refractivity contribution in [3.8, 4) is 0 Å². The Morgan fingerprint density at radius 3 is 2.87 bits per heavy atom. The van der Waals surface area contributed by atoms with E-state index in [4.69, 9.17) is 16.3 Å². The molecule has 3 rings (SSSR count). The first-order valence-corrected chi connectivity index (χ1v) is 11.1. The number of carbonyl (C=O) groups is 2. The van der Waals surface area contributed by atoms with Crippen molar-refractivity contribution in [1.82, 2.24) is 15.6 Å². The normalized spacial score (nSPS) is 16.0. The van der Waals surface area contributed by atoms with E-state index in [1.54, 1.807) is 24.6 Å². The van der Waals surface area contributed by atoms with Crippen molar-refractivity contribution in [2.24, 2.45) is 4.99 Å². The van der Waals surface area contributed by atoms with E-state index in [9.17, 15) is 14.0 Å². The number of halogens is 3. The summed E-state index contributed by atoms with van der Waals surface area (Å²) in [5.74, 6) is -1.22. The van der Waals surface area contributed by atoms with Gasteiger partial charge in [-0.3, -0.25) is 9.79 Å². The molecule has 0 bridgehead atoms. The lowest BCUT2D eigenvalue weighted by Crippen LogP contribution is -2.39. The van der Waals surface area contributed by atoms with Gasteiger partial charge in [0.15, 0.2) is 10.8 Å². The molecule has 2 heterocycles. The minimum atomic E-state index is -0.804. The fourth-order valence-electron chi connectivity index (χ4n) is 2.82. The number of rotatable bonds is 7.